The van der Waals surface area contributed by atoms with E-state index in [1.165, 1.54) is 0 Å². The van der Waals surface area contributed by atoms with E-state index in [2.05, 4.69) is 0 Å². The number of halogens is 2. The Morgan fingerprint density at radius 2 is 1.48 bits per heavy atom. The Labute approximate surface area is 165 Å². The van der Waals surface area contributed by atoms with Gasteiger partial charge in [0.05, 0.1) is 0 Å². The minimum Gasteiger partial charge on any atom is -0.457 e. The molecule has 0 spiro atoms. The van der Waals surface area contributed by atoms with Crippen molar-refractivity contribution in [1.82, 2.24) is 0 Å². The summed E-state index contributed by atoms with van der Waals surface area (Å²) in [6.07, 6.45) is 2.16. The van der Waals surface area contributed by atoms with Crippen LogP contribution in [0.4, 0.5) is 4.39 Å². The first-order chi connectivity index (χ1) is 12.9. The van der Waals surface area contributed by atoms with Crippen LogP contribution in [-0.2, 0) is 11.8 Å². The number of para-hydroxylation sites is 1. The van der Waals surface area contributed by atoms with E-state index in [1.54, 1.807) is 18.2 Å². The van der Waals surface area contributed by atoms with E-state index in [9.17, 15) is 4.39 Å². The number of hydrogen-bond acceptors (Lipinski definition) is 1. The maximum absolute atomic E-state index is 14.8. The standard InChI is InChI=1S/C24H22ClFO/c1-24(2,19-11-13-20(25)14-12-19)23(26)17-10-18-8-15-22(16-9-18)27-21-6-4-3-5-7-21/h3-9,11-17H,10H2,1-2H3/b23-17-. The first kappa shape index (κ1) is 19.2. The van der Waals surface area contributed by atoms with Gasteiger partial charge >= 0.3 is 0 Å². The van der Waals surface area contributed by atoms with Crippen LogP contribution >= 0.6 is 11.6 Å². The molecule has 3 aromatic carbocycles. The highest BCUT2D eigenvalue weighted by molar-refractivity contribution is 6.30. The number of ether oxygens (including phenoxy) is 1. The van der Waals surface area contributed by atoms with E-state index in [0.717, 1.165) is 22.6 Å². The van der Waals surface area contributed by atoms with Crippen molar-refractivity contribution in [3.63, 3.8) is 0 Å². The molecule has 3 aromatic rings. The van der Waals surface area contributed by atoms with Crippen LogP contribution in [0.15, 0.2) is 90.8 Å². The molecule has 0 aliphatic carbocycles. The van der Waals surface area contributed by atoms with E-state index in [-0.39, 0.29) is 5.83 Å². The minimum absolute atomic E-state index is 0.158. The van der Waals surface area contributed by atoms with Crippen molar-refractivity contribution < 1.29 is 9.13 Å². The van der Waals surface area contributed by atoms with Crippen molar-refractivity contribution >= 4 is 11.6 Å². The van der Waals surface area contributed by atoms with Crippen LogP contribution in [0.3, 0.4) is 0 Å². The molecule has 3 rings (SSSR count). The fourth-order valence-electron chi connectivity index (χ4n) is 2.79. The Kier molecular flexibility index (Phi) is 5.98. The Balaban J connectivity index is 1.66. The molecule has 3 heteroatoms. The van der Waals surface area contributed by atoms with Gasteiger partial charge in [0.25, 0.3) is 0 Å². The van der Waals surface area contributed by atoms with Crippen LogP contribution in [-0.4, -0.2) is 0 Å². The highest BCUT2D eigenvalue weighted by Gasteiger charge is 2.25. The summed E-state index contributed by atoms with van der Waals surface area (Å²) in [7, 11) is 0. The normalized spacial score (nSPS) is 12.1. The van der Waals surface area contributed by atoms with Gasteiger partial charge in [-0.3, -0.25) is 0 Å². The van der Waals surface area contributed by atoms with Crippen molar-refractivity contribution in [3.05, 3.63) is 107 Å². The third kappa shape index (κ3) is 4.99. The van der Waals surface area contributed by atoms with Crippen LogP contribution in [0.2, 0.25) is 5.02 Å². The van der Waals surface area contributed by atoms with Crippen molar-refractivity contribution in [2.45, 2.75) is 25.7 Å². The summed E-state index contributed by atoms with van der Waals surface area (Å²) in [6, 6.07) is 24.6. The first-order valence-corrected chi connectivity index (χ1v) is 9.27. The lowest BCUT2D eigenvalue weighted by molar-refractivity contribution is 0.455. The average molecular weight is 381 g/mol. The zero-order valence-corrected chi connectivity index (χ0v) is 16.2. The minimum atomic E-state index is -0.694. The molecule has 0 heterocycles. The van der Waals surface area contributed by atoms with E-state index < -0.39 is 5.41 Å². The number of rotatable bonds is 6. The molecule has 0 unspecified atom stereocenters. The maximum Gasteiger partial charge on any atom is 0.127 e. The van der Waals surface area contributed by atoms with Crippen molar-refractivity contribution in [2.24, 2.45) is 0 Å². The summed E-state index contributed by atoms with van der Waals surface area (Å²) in [6.45, 7) is 3.75. The summed E-state index contributed by atoms with van der Waals surface area (Å²) in [5.41, 5.74) is 1.23. The lowest BCUT2D eigenvalue weighted by atomic mass is 9.83. The molecule has 138 valence electrons. The summed E-state index contributed by atoms with van der Waals surface area (Å²) in [5.74, 6) is 1.39. The van der Waals surface area contributed by atoms with Gasteiger partial charge in [-0.2, -0.15) is 0 Å². The zero-order chi connectivity index (χ0) is 19.3. The molecule has 0 aliphatic heterocycles. The van der Waals surface area contributed by atoms with Gasteiger partial charge in [0.2, 0.25) is 0 Å². The Hall–Kier alpha value is -2.58. The maximum atomic E-state index is 14.8. The molecular formula is C24H22ClFO. The van der Waals surface area contributed by atoms with Gasteiger partial charge in [-0.05, 0) is 73.9 Å². The molecule has 1 nitrogen and oxygen atoms in total. The van der Waals surface area contributed by atoms with E-state index in [0.29, 0.717) is 11.4 Å². The second-order valence-corrected chi connectivity index (χ2v) is 7.38. The Morgan fingerprint density at radius 1 is 0.889 bits per heavy atom. The summed E-state index contributed by atoms with van der Waals surface area (Å²) < 4.78 is 20.6. The van der Waals surface area contributed by atoms with Crippen LogP contribution in [0, 0.1) is 0 Å². The lowest BCUT2D eigenvalue weighted by Crippen LogP contribution is -2.18. The predicted octanol–water partition coefficient (Wildman–Crippen LogP) is 7.51. The highest BCUT2D eigenvalue weighted by Crippen LogP contribution is 2.33. The van der Waals surface area contributed by atoms with Gasteiger partial charge in [0.1, 0.15) is 17.3 Å². The number of allylic oxidation sites excluding steroid dienone is 2. The SMILES string of the molecule is CC(C)(/C(F)=C/Cc1ccc(Oc2ccccc2)cc1)c1ccc(Cl)cc1. The second kappa shape index (κ2) is 8.41. The summed E-state index contributed by atoms with van der Waals surface area (Å²) >= 11 is 5.93. The largest absolute Gasteiger partial charge is 0.457 e. The first-order valence-electron chi connectivity index (χ1n) is 8.89. The molecule has 0 bridgehead atoms. The molecule has 0 fully saturated rings. The Bertz CT molecular complexity index is 897. The van der Waals surface area contributed by atoms with Crippen LogP contribution in [0.25, 0.3) is 0 Å². The third-order valence-corrected chi connectivity index (χ3v) is 4.83. The quantitative estimate of drug-likeness (QED) is 0.430. The molecule has 0 aromatic heterocycles. The lowest BCUT2D eigenvalue weighted by Gasteiger charge is -2.23. The summed E-state index contributed by atoms with van der Waals surface area (Å²) in [4.78, 5) is 0. The fourth-order valence-corrected chi connectivity index (χ4v) is 2.91. The molecule has 0 aliphatic rings. The smallest absolute Gasteiger partial charge is 0.127 e. The monoisotopic (exact) mass is 380 g/mol. The van der Waals surface area contributed by atoms with Crippen LogP contribution in [0.5, 0.6) is 11.5 Å². The molecule has 0 saturated carbocycles. The van der Waals surface area contributed by atoms with Gasteiger partial charge < -0.3 is 4.74 Å². The van der Waals surface area contributed by atoms with Crippen molar-refractivity contribution in [2.75, 3.05) is 0 Å². The highest BCUT2D eigenvalue weighted by atomic mass is 35.5. The molecule has 0 N–H and O–H groups in total. The van der Waals surface area contributed by atoms with Gasteiger partial charge in [0, 0.05) is 10.4 Å². The van der Waals surface area contributed by atoms with Gasteiger partial charge in [-0.15, -0.1) is 0 Å². The van der Waals surface area contributed by atoms with Gasteiger partial charge in [0.15, 0.2) is 0 Å². The summed E-state index contributed by atoms with van der Waals surface area (Å²) in [5, 5.41) is 0.650. The Morgan fingerprint density at radius 3 is 2.11 bits per heavy atom. The fraction of sp³-hybridized carbons (Fsp3) is 0.167. The number of benzene rings is 3. The van der Waals surface area contributed by atoms with E-state index in [1.807, 2.05) is 80.6 Å². The van der Waals surface area contributed by atoms with Crippen LogP contribution in [0.1, 0.15) is 25.0 Å². The zero-order valence-electron chi connectivity index (χ0n) is 15.5. The molecule has 0 saturated heterocycles. The van der Waals surface area contributed by atoms with E-state index >= 15 is 0 Å². The van der Waals surface area contributed by atoms with Crippen molar-refractivity contribution in [3.8, 4) is 11.5 Å². The third-order valence-electron chi connectivity index (χ3n) is 4.58. The van der Waals surface area contributed by atoms with Gasteiger partial charge in [-0.25, -0.2) is 4.39 Å². The molecule has 0 atom stereocenters. The number of hydrogen-bond donors (Lipinski definition) is 0. The average Bonchev–Trinajstić information content (AvgIpc) is 2.68. The second-order valence-electron chi connectivity index (χ2n) is 6.95. The van der Waals surface area contributed by atoms with E-state index in [4.69, 9.17) is 16.3 Å². The van der Waals surface area contributed by atoms with Gasteiger partial charge in [-0.1, -0.05) is 54.1 Å². The predicted molar refractivity (Wildman–Crippen MR) is 110 cm³/mol. The molecule has 0 radical (unpaired) electrons. The molecule has 0 amide bonds. The topological polar surface area (TPSA) is 9.23 Å². The van der Waals surface area contributed by atoms with Crippen LogP contribution < -0.4 is 4.74 Å². The molecule has 27 heavy (non-hydrogen) atoms. The van der Waals surface area contributed by atoms with Crippen molar-refractivity contribution in [1.29, 1.82) is 0 Å². The molecular weight excluding hydrogens is 359 g/mol.